The minimum Gasteiger partial charge on any atom is -0.0959 e. The first-order valence-electron chi connectivity index (χ1n) is 8.07. The van der Waals surface area contributed by atoms with E-state index in [0.717, 1.165) is 11.3 Å². The third-order valence-electron chi connectivity index (χ3n) is 3.79. The summed E-state index contributed by atoms with van der Waals surface area (Å²) in [7, 11) is -0.273. The van der Waals surface area contributed by atoms with Gasteiger partial charge in [-0.2, -0.15) is 0 Å². The Bertz CT molecular complexity index is 154. The molecule has 18 heavy (non-hydrogen) atoms. The van der Waals surface area contributed by atoms with Gasteiger partial charge in [-0.05, 0) is 31.4 Å². The molecule has 0 spiro atoms. The second-order valence-corrected chi connectivity index (χ2v) is 9.36. The number of halogens is 1. The maximum absolute atomic E-state index is 6.67. The van der Waals surface area contributed by atoms with Crippen molar-refractivity contribution in [1.82, 2.24) is 0 Å². The fourth-order valence-electron chi connectivity index (χ4n) is 2.41. The summed E-state index contributed by atoms with van der Waals surface area (Å²) in [5.74, 6) is 0. The molecular formula is C16H34ClP. The lowest BCUT2D eigenvalue weighted by Gasteiger charge is -2.24. The molecule has 0 aromatic carbocycles. The Morgan fingerprint density at radius 1 is 0.722 bits per heavy atom. The Kier molecular flexibility index (Phi) is 13.2. The van der Waals surface area contributed by atoms with E-state index >= 15 is 0 Å². The second kappa shape index (κ2) is 12.7. The van der Waals surface area contributed by atoms with Crippen molar-refractivity contribution in [2.24, 2.45) is 0 Å². The predicted molar refractivity (Wildman–Crippen MR) is 89.2 cm³/mol. The summed E-state index contributed by atoms with van der Waals surface area (Å²) in [4.78, 5) is 0. The van der Waals surface area contributed by atoms with Crippen LogP contribution in [0.25, 0.3) is 0 Å². The van der Waals surface area contributed by atoms with Crippen LogP contribution in [0.5, 0.6) is 0 Å². The number of hydrogen-bond acceptors (Lipinski definition) is 0. The zero-order chi connectivity index (χ0) is 13.8. The Morgan fingerprint density at radius 3 is 1.44 bits per heavy atom. The van der Waals surface area contributed by atoms with Crippen LogP contribution in [0, 0.1) is 0 Å². The van der Waals surface area contributed by atoms with Gasteiger partial charge in [-0.1, -0.05) is 90.3 Å². The zero-order valence-corrected chi connectivity index (χ0v) is 14.7. The van der Waals surface area contributed by atoms with E-state index in [9.17, 15) is 0 Å². The molecule has 0 rings (SSSR count). The molecule has 0 aromatic rings. The van der Waals surface area contributed by atoms with Crippen molar-refractivity contribution in [3.63, 3.8) is 0 Å². The molecular weight excluding hydrogens is 259 g/mol. The average Bonchev–Trinajstić information content (AvgIpc) is 2.38. The Hall–Kier alpha value is 0.720. The summed E-state index contributed by atoms with van der Waals surface area (Å²) >= 11 is 6.67. The molecule has 0 aliphatic carbocycles. The van der Waals surface area contributed by atoms with E-state index in [4.69, 9.17) is 11.2 Å². The van der Waals surface area contributed by atoms with Crippen molar-refractivity contribution in [3.05, 3.63) is 0 Å². The van der Waals surface area contributed by atoms with Crippen LogP contribution in [0.2, 0.25) is 0 Å². The third kappa shape index (κ3) is 9.62. The largest absolute Gasteiger partial charge is 0.0959 e. The molecule has 110 valence electrons. The van der Waals surface area contributed by atoms with E-state index in [2.05, 4.69) is 27.7 Å². The first-order chi connectivity index (χ1) is 8.63. The standard InChI is InChI=1S/C16H34ClP/c1-5-7-9-11-13-15(3)18(17)16(4)14-12-10-8-6-2/h15-16H,5-14H2,1-4H3. The fourth-order valence-corrected chi connectivity index (χ4v) is 4.73. The van der Waals surface area contributed by atoms with Crippen molar-refractivity contribution >= 4 is 18.5 Å². The lowest BCUT2D eigenvalue weighted by molar-refractivity contribution is 0.615. The molecule has 0 saturated heterocycles. The molecule has 0 bridgehead atoms. The normalized spacial score (nSPS) is 16.5. The molecule has 2 heteroatoms. The monoisotopic (exact) mass is 292 g/mol. The van der Waals surface area contributed by atoms with Gasteiger partial charge in [0.2, 0.25) is 0 Å². The summed E-state index contributed by atoms with van der Waals surface area (Å²) in [6, 6.07) is 0. The van der Waals surface area contributed by atoms with Gasteiger partial charge in [-0.25, -0.2) is 0 Å². The van der Waals surface area contributed by atoms with Gasteiger partial charge >= 0.3 is 0 Å². The van der Waals surface area contributed by atoms with Gasteiger partial charge in [0.05, 0.1) is 0 Å². The lowest BCUT2D eigenvalue weighted by atomic mass is 10.1. The minimum absolute atomic E-state index is 0.273. The van der Waals surface area contributed by atoms with Crippen LogP contribution in [0.1, 0.15) is 91.9 Å². The van der Waals surface area contributed by atoms with Crippen LogP contribution in [-0.4, -0.2) is 11.3 Å². The van der Waals surface area contributed by atoms with E-state index in [0.29, 0.717) is 0 Å². The van der Waals surface area contributed by atoms with E-state index in [1.807, 2.05) is 0 Å². The minimum atomic E-state index is -0.273. The molecule has 0 N–H and O–H groups in total. The Morgan fingerprint density at radius 2 is 1.11 bits per heavy atom. The van der Waals surface area contributed by atoms with Gasteiger partial charge in [0, 0.05) is 0 Å². The van der Waals surface area contributed by atoms with Crippen LogP contribution in [-0.2, 0) is 0 Å². The van der Waals surface area contributed by atoms with Crippen molar-refractivity contribution < 1.29 is 0 Å². The summed E-state index contributed by atoms with van der Waals surface area (Å²) in [6.45, 7) is 9.28. The van der Waals surface area contributed by atoms with E-state index in [1.54, 1.807) is 0 Å². The molecule has 0 aromatic heterocycles. The maximum Gasteiger partial charge on any atom is -0.00395 e. The molecule has 0 aliphatic heterocycles. The summed E-state index contributed by atoms with van der Waals surface area (Å²) in [6.07, 6.45) is 13.7. The SMILES string of the molecule is CCCCCCC(C)P(Cl)C(C)CCCCCC. The predicted octanol–water partition coefficient (Wildman–Crippen LogP) is 7.34. The van der Waals surface area contributed by atoms with Crippen molar-refractivity contribution in [1.29, 1.82) is 0 Å². The highest BCUT2D eigenvalue weighted by molar-refractivity contribution is 7.85. The van der Waals surface area contributed by atoms with E-state index in [1.165, 1.54) is 64.2 Å². The summed E-state index contributed by atoms with van der Waals surface area (Å²) in [5, 5.41) is 0. The Balaban J connectivity index is 3.65. The first kappa shape index (κ1) is 18.7. The molecule has 0 radical (unpaired) electrons. The third-order valence-corrected chi connectivity index (χ3v) is 7.99. The van der Waals surface area contributed by atoms with Gasteiger partial charge in [0.1, 0.15) is 0 Å². The fraction of sp³-hybridized carbons (Fsp3) is 1.00. The molecule has 0 heterocycles. The molecule has 2 atom stereocenters. The summed E-state index contributed by atoms with van der Waals surface area (Å²) < 4.78 is 0. The van der Waals surface area contributed by atoms with Gasteiger partial charge in [0.25, 0.3) is 0 Å². The molecule has 2 unspecified atom stereocenters. The summed E-state index contributed by atoms with van der Waals surface area (Å²) in [5.41, 5.74) is 1.50. The van der Waals surface area contributed by atoms with Gasteiger partial charge in [0.15, 0.2) is 0 Å². The molecule has 0 fully saturated rings. The topological polar surface area (TPSA) is 0 Å². The van der Waals surface area contributed by atoms with Gasteiger partial charge in [-0.15, -0.1) is 0 Å². The van der Waals surface area contributed by atoms with Gasteiger partial charge in [-0.3, -0.25) is 0 Å². The van der Waals surface area contributed by atoms with Crippen LogP contribution in [0.15, 0.2) is 0 Å². The second-order valence-electron chi connectivity index (χ2n) is 5.74. The number of unbranched alkanes of at least 4 members (excludes halogenated alkanes) is 6. The molecule has 0 saturated carbocycles. The first-order valence-corrected chi connectivity index (χ1v) is 10.5. The van der Waals surface area contributed by atoms with Gasteiger partial charge < -0.3 is 0 Å². The van der Waals surface area contributed by atoms with Crippen molar-refractivity contribution in [2.45, 2.75) is 103 Å². The lowest BCUT2D eigenvalue weighted by Crippen LogP contribution is -2.07. The average molecular weight is 293 g/mol. The van der Waals surface area contributed by atoms with Crippen LogP contribution >= 0.6 is 18.5 Å². The van der Waals surface area contributed by atoms with E-state index < -0.39 is 0 Å². The van der Waals surface area contributed by atoms with Crippen molar-refractivity contribution in [3.8, 4) is 0 Å². The smallest absolute Gasteiger partial charge is 0.00395 e. The van der Waals surface area contributed by atoms with E-state index in [-0.39, 0.29) is 7.27 Å². The van der Waals surface area contributed by atoms with Crippen LogP contribution in [0.3, 0.4) is 0 Å². The zero-order valence-electron chi connectivity index (χ0n) is 13.1. The molecule has 0 nitrogen and oxygen atoms in total. The van der Waals surface area contributed by atoms with Crippen LogP contribution in [0.4, 0.5) is 0 Å². The number of hydrogen-bond donors (Lipinski definition) is 0. The molecule has 0 amide bonds. The highest BCUT2D eigenvalue weighted by Gasteiger charge is 2.20. The quantitative estimate of drug-likeness (QED) is 0.261. The highest BCUT2D eigenvalue weighted by Crippen LogP contribution is 2.54. The van der Waals surface area contributed by atoms with Crippen molar-refractivity contribution in [2.75, 3.05) is 0 Å². The number of rotatable bonds is 12. The molecule has 0 aliphatic rings. The Labute approximate surface area is 122 Å². The highest BCUT2D eigenvalue weighted by atomic mass is 35.7. The maximum atomic E-state index is 6.67. The van der Waals surface area contributed by atoms with Crippen LogP contribution < -0.4 is 0 Å².